The molecule has 0 unspecified atom stereocenters. The van der Waals surface area contributed by atoms with Gasteiger partial charge in [-0.15, -0.1) is 0 Å². The third-order valence-corrected chi connectivity index (χ3v) is 10.4. The summed E-state index contributed by atoms with van der Waals surface area (Å²) >= 11 is 1.79. The molecule has 0 nitrogen and oxygen atoms in total. The zero-order chi connectivity index (χ0) is 33.8. The lowest BCUT2D eigenvalue weighted by Gasteiger charge is -2.22. The molecule has 10 rings (SSSR count). The molecule has 9 aromatic carbocycles. The first-order valence-corrected chi connectivity index (χ1v) is 15.9. The lowest BCUT2D eigenvalue weighted by molar-refractivity contribution is 1.40. The van der Waals surface area contributed by atoms with Gasteiger partial charge in [0.05, 0.1) is 6.85 Å². The van der Waals surface area contributed by atoms with Crippen molar-refractivity contribution in [3.05, 3.63) is 158 Å². The second-order valence-electron chi connectivity index (χ2n) is 11.7. The summed E-state index contributed by atoms with van der Waals surface area (Å²) in [6.07, 6.45) is 0. The predicted octanol–water partition coefficient (Wildman–Crippen LogP) is 12.9. The van der Waals surface area contributed by atoms with Gasteiger partial charge in [-0.1, -0.05) is 127 Å². The van der Waals surface area contributed by atoms with Crippen LogP contribution in [0.25, 0.3) is 87.6 Å². The van der Waals surface area contributed by atoms with Gasteiger partial charge in [-0.2, -0.15) is 0 Å². The Balaban J connectivity index is 1.29. The van der Waals surface area contributed by atoms with Gasteiger partial charge in [0.1, 0.15) is 0 Å². The Labute approximate surface area is 273 Å². The summed E-state index contributed by atoms with van der Waals surface area (Å²) in [6.45, 7) is 0. The lowest BCUT2D eigenvalue weighted by Crippen LogP contribution is -1.94. The molecule has 0 bridgehead atoms. The molecule has 1 heterocycles. The minimum Gasteiger partial charge on any atom is -0.0888 e. The fraction of sp³-hybridized carbons (Fsp3) is 0. The molecule has 0 atom stereocenters. The molecule has 0 aromatic heterocycles. The third-order valence-electron chi connectivity index (χ3n) is 9.23. The highest BCUT2D eigenvalue weighted by molar-refractivity contribution is 7.99. The molecule has 0 fully saturated rings. The predicted molar refractivity (Wildman–Crippen MR) is 194 cm³/mol. The van der Waals surface area contributed by atoms with Crippen molar-refractivity contribution in [3.8, 4) is 44.5 Å². The van der Waals surface area contributed by atoms with Crippen molar-refractivity contribution in [1.82, 2.24) is 0 Å². The molecule has 0 radical (unpaired) electrons. The highest BCUT2D eigenvalue weighted by atomic mass is 32.2. The Morgan fingerprint density at radius 2 is 1.02 bits per heavy atom. The summed E-state index contributed by atoms with van der Waals surface area (Å²) < 4.78 is 43.0. The smallest absolute Gasteiger partial charge is 0.0629 e. The van der Waals surface area contributed by atoms with Crippen molar-refractivity contribution in [1.29, 1.82) is 0 Å². The number of rotatable bonds is 3. The van der Waals surface area contributed by atoms with Gasteiger partial charge < -0.3 is 0 Å². The van der Waals surface area contributed by atoms with Gasteiger partial charge in [0.2, 0.25) is 0 Å². The second kappa shape index (κ2) is 9.56. The molecular formula is C44H26S. The maximum Gasteiger partial charge on any atom is 0.0629 e. The molecule has 9 aromatic rings. The molecule has 208 valence electrons. The topological polar surface area (TPSA) is 0 Å². The summed E-state index contributed by atoms with van der Waals surface area (Å²) in [5.41, 5.74) is 6.99. The molecule has 0 spiro atoms. The summed E-state index contributed by atoms with van der Waals surface area (Å²) in [6, 6.07) is 43.5. The molecule has 0 N–H and O–H groups in total. The van der Waals surface area contributed by atoms with E-state index in [9.17, 15) is 0 Å². The molecule has 1 aliphatic heterocycles. The van der Waals surface area contributed by atoms with Gasteiger partial charge in [0.15, 0.2) is 0 Å². The van der Waals surface area contributed by atoms with Crippen LogP contribution in [0.2, 0.25) is 0 Å². The van der Waals surface area contributed by atoms with Gasteiger partial charge >= 0.3 is 0 Å². The van der Waals surface area contributed by atoms with E-state index < -0.39 is 6.04 Å². The molecule has 0 saturated carbocycles. The van der Waals surface area contributed by atoms with Crippen molar-refractivity contribution in [2.24, 2.45) is 0 Å². The van der Waals surface area contributed by atoms with Crippen molar-refractivity contribution in [3.63, 3.8) is 0 Å². The van der Waals surface area contributed by atoms with Crippen molar-refractivity contribution in [2.75, 3.05) is 0 Å². The highest BCUT2D eigenvalue weighted by Crippen LogP contribution is 2.49. The largest absolute Gasteiger partial charge is 0.0888 e. The van der Waals surface area contributed by atoms with Gasteiger partial charge in [-0.3, -0.25) is 0 Å². The van der Waals surface area contributed by atoms with E-state index in [1.807, 2.05) is 12.1 Å². The summed E-state index contributed by atoms with van der Waals surface area (Å²) in [5, 5.41) is 9.44. The average Bonchev–Trinajstić information content (AvgIpc) is 3.15. The highest BCUT2D eigenvalue weighted by Gasteiger charge is 2.21. The number of hydrogen-bond acceptors (Lipinski definition) is 1. The van der Waals surface area contributed by atoms with Crippen LogP contribution < -0.4 is 0 Å². The average molecular weight is 592 g/mol. The number of benzene rings is 9. The van der Waals surface area contributed by atoms with E-state index in [1.165, 1.54) is 47.8 Å². The fourth-order valence-electron chi connectivity index (χ4n) is 7.23. The molecule has 1 aliphatic rings. The maximum atomic E-state index is 8.91. The number of fused-ring (bicyclic) bond motifs is 2. The van der Waals surface area contributed by atoms with Crippen molar-refractivity contribution >= 4 is 54.9 Å². The van der Waals surface area contributed by atoms with Crippen molar-refractivity contribution < 1.29 is 6.85 Å². The fourth-order valence-corrected chi connectivity index (χ4v) is 8.38. The molecule has 0 aliphatic carbocycles. The molecule has 1 heteroatoms. The summed E-state index contributed by atoms with van der Waals surface area (Å²) in [4.78, 5) is 2.44. The first kappa shape index (κ1) is 20.6. The standard InChI is InChI=1S/C44H26S/c1-2-8-27(9-3-1)32-23-33(34-22-31-12-7-15-41-43(31)39(26-34)37-13-4-5-14-40(37)45-41)25-35(24-32)36-20-18-30-17-16-28-10-6-11-29-19-21-38(36)44(30)42(28)29/h1-26H/i1D,2D,3D,8D,9D. The molecule has 45 heavy (non-hydrogen) atoms. The van der Waals surface area contributed by atoms with Gasteiger partial charge in [0, 0.05) is 15.2 Å². The summed E-state index contributed by atoms with van der Waals surface area (Å²) in [7, 11) is 0. The zero-order valence-electron chi connectivity index (χ0n) is 29.0. The lowest BCUT2D eigenvalue weighted by atomic mass is 9.87. The van der Waals surface area contributed by atoms with Crippen LogP contribution in [0.1, 0.15) is 6.85 Å². The van der Waals surface area contributed by atoms with Gasteiger partial charge in [-0.05, 0) is 125 Å². The van der Waals surface area contributed by atoms with Crippen LogP contribution in [0, 0.1) is 0 Å². The van der Waals surface area contributed by atoms with E-state index in [0.717, 1.165) is 38.4 Å². The van der Waals surface area contributed by atoms with Crippen LogP contribution in [0.4, 0.5) is 0 Å². The Morgan fingerprint density at radius 1 is 0.378 bits per heavy atom. The normalized spacial score (nSPS) is 13.9. The van der Waals surface area contributed by atoms with Crippen LogP contribution >= 0.6 is 11.8 Å². The van der Waals surface area contributed by atoms with E-state index in [4.69, 9.17) is 6.85 Å². The van der Waals surface area contributed by atoms with Gasteiger partial charge in [-0.25, -0.2) is 0 Å². The molecule has 0 amide bonds. The Hall–Kier alpha value is -5.37. The van der Waals surface area contributed by atoms with Crippen LogP contribution in [-0.4, -0.2) is 0 Å². The minimum absolute atomic E-state index is 0.197. The zero-order valence-corrected chi connectivity index (χ0v) is 24.8. The SMILES string of the molecule is [2H]c1c([2H])c([2H])c(-c2cc(-c3cc4c5c(cccc5c3)Sc3ccccc3-4)cc(-c3ccc4ccc5cccc6ccc3c4c56)c2)c([2H])c1[2H]. The maximum absolute atomic E-state index is 8.91. The first-order valence-electron chi connectivity index (χ1n) is 17.6. The van der Waals surface area contributed by atoms with Crippen molar-refractivity contribution in [2.45, 2.75) is 9.79 Å². The van der Waals surface area contributed by atoms with E-state index >= 15 is 0 Å². The van der Waals surface area contributed by atoms with E-state index in [2.05, 4.69) is 115 Å². The van der Waals surface area contributed by atoms with E-state index in [0.29, 0.717) is 5.56 Å². The molecular weight excluding hydrogens is 561 g/mol. The van der Waals surface area contributed by atoms with Crippen LogP contribution in [0.3, 0.4) is 0 Å². The Bertz CT molecular complexity index is 2870. The van der Waals surface area contributed by atoms with Gasteiger partial charge in [0.25, 0.3) is 0 Å². The second-order valence-corrected chi connectivity index (χ2v) is 12.8. The Morgan fingerprint density at radius 3 is 1.89 bits per heavy atom. The number of hydrogen-bond donors (Lipinski definition) is 0. The monoisotopic (exact) mass is 591 g/mol. The first-order chi connectivity index (χ1) is 24.4. The third kappa shape index (κ3) is 3.81. The molecule has 0 saturated heterocycles. The van der Waals surface area contributed by atoms with Crippen LogP contribution in [-0.2, 0) is 0 Å². The van der Waals surface area contributed by atoms with Crippen LogP contribution in [0.5, 0.6) is 0 Å². The van der Waals surface area contributed by atoms with Crippen LogP contribution in [0.15, 0.2) is 167 Å². The minimum atomic E-state index is -0.395. The quantitative estimate of drug-likeness (QED) is 0.184. The summed E-state index contributed by atoms with van der Waals surface area (Å²) in [5.74, 6) is 0. The Kier molecular flexibility index (Phi) is 4.37. The van der Waals surface area contributed by atoms with E-state index in [1.54, 1.807) is 11.8 Å². The van der Waals surface area contributed by atoms with E-state index in [-0.39, 0.29) is 29.7 Å².